The zero-order valence-corrected chi connectivity index (χ0v) is 15.4. The lowest BCUT2D eigenvalue weighted by Crippen LogP contribution is -2.28. The molecule has 0 radical (unpaired) electrons. The summed E-state index contributed by atoms with van der Waals surface area (Å²) in [5.41, 5.74) is -0.463. The molecule has 0 aliphatic rings. The van der Waals surface area contributed by atoms with Crippen LogP contribution in [0.5, 0.6) is 0 Å². The number of aromatic nitrogens is 1. The number of pyridine rings is 1. The molecular weight excluding hydrogens is 302 g/mol. The van der Waals surface area contributed by atoms with E-state index >= 15 is 0 Å². The molecule has 120 valence electrons. The maximum atomic E-state index is 12.8. The van der Waals surface area contributed by atoms with Gasteiger partial charge in [0.05, 0.1) is 10.5 Å². The van der Waals surface area contributed by atoms with Crippen molar-refractivity contribution in [2.75, 3.05) is 0 Å². The van der Waals surface area contributed by atoms with Gasteiger partial charge in [-0.3, -0.25) is 9.01 Å². The first kappa shape index (κ1) is 18.3. The van der Waals surface area contributed by atoms with Crippen molar-refractivity contribution >= 4 is 18.2 Å². The van der Waals surface area contributed by atoms with E-state index in [1.165, 1.54) is 6.20 Å². The lowest BCUT2D eigenvalue weighted by atomic mass is 10.0. The fraction of sp³-hybridized carbons (Fsp3) is 0.643. The van der Waals surface area contributed by atoms with Gasteiger partial charge in [-0.2, -0.15) is 0 Å². The van der Waals surface area contributed by atoms with Crippen molar-refractivity contribution < 1.29 is 9.32 Å². The quantitative estimate of drug-likeness (QED) is 0.786. The standard InChI is InChI=1S/C14H27N3O2SSi/c1-6-7-8-21(4,5)17-20(15,19)13-9-12(10-16-11-13)14(2,3)18/h9-11,18H,6-8H2,1-5H3,(H2,15,17,19). The van der Waals surface area contributed by atoms with Crippen LogP contribution in [0.2, 0.25) is 19.1 Å². The first-order valence-corrected chi connectivity index (χ1v) is 12.0. The Labute approximate surface area is 129 Å². The third-order valence-electron chi connectivity index (χ3n) is 3.28. The van der Waals surface area contributed by atoms with Crippen molar-refractivity contribution in [3.8, 4) is 0 Å². The Balaban J connectivity index is 3.22. The second-order valence-electron chi connectivity index (χ2n) is 6.54. The maximum absolute atomic E-state index is 12.8. The van der Waals surface area contributed by atoms with Crippen LogP contribution in [0.3, 0.4) is 0 Å². The molecule has 0 amide bonds. The van der Waals surface area contributed by atoms with Crippen LogP contribution < -0.4 is 5.14 Å². The monoisotopic (exact) mass is 329 g/mol. The molecule has 1 heterocycles. The van der Waals surface area contributed by atoms with Crippen LogP contribution in [0.4, 0.5) is 0 Å². The molecule has 3 N–H and O–H groups in total. The molecule has 0 fully saturated rings. The first-order valence-electron chi connectivity index (χ1n) is 7.22. The molecule has 0 spiro atoms. The molecule has 1 aromatic rings. The van der Waals surface area contributed by atoms with Gasteiger partial charge in [0, 0.05) is 18.0 Å². The fourth-order valence-electron chi connectivity index (χ4n) is 1.99. The molecule has 7 heteroatoms. The van der Waals surface area contributed by atoms with E-state index in [4.69, 9.17) is 5.14 Å². The summed E-state index contributed by atoms with van der Waals surface area (Å²) in [5.74, 6) is 0. The van der Waals surface area contributed by atoms with Crippen LogP contribution in [0.15, 0.2) is 27.4 Å². The van der Waals surface area contributed by atoms with Crippen molar-refractivity contribution in [3.05, 3.63) is 24.0 Å². The van der Waals surface area contributed by atoms with Crippen molar-refractivity contribution in [1.82, 2.24) is 4.98 Å². The second-order valence-corrected chi connectivity index (χ2v) is 13.0. The van der Waals surface area contributed by atoms with E-state index in [0.29, 0.717) is 10.5 Å². The van der Waals surface area contributed by atoms with E-state index in [1.807, 2.05) is 0 Å². The van der Waals surface area contributed by atoms with Gasteiger partial charge < -0.3 is 5.11 Å². The van der Waals surface area contributed by atoms with E-state index in [-0.39, 0.29) is 0 Å². The van der Waals surface area contributed by atoms with Crippen LogP contribution in [0, 0.1) is 0 Å². The van der Waals surface area contributed by atoms with Gasteiger partial charge in [-0.1, -0.05) is 19.8 Å². The van der Waals surface area contributed by atoms with Gasteiger partial charge in [0.1, 0.15) is 9.92 Å². The first-order chi connectivity index (χ1) is 9.48. The summed E-state index contributed by atoms with van der Waals surface area (Å²) in [5, 5.41) is 16.0. The largest absolute Gasteiger partial charge is 0.386 e. The molecular formula is C14H27N3O2SSi. The lowest BCUT2D eigenvalue weighted by Gasteiger charge is -2.20. The summed E-state index contributed by atoms with van der Waals surface area (Å²) in [6.45, 7) is 9.58. The average Bonchev–Trinajstić information content (AvgIpc) is 2.34. The third kappa shape index (κ3) is 5.50. The zero-order valence-electron chi connectivity index (χ0n) is 13.6. The highest BCUT2D eigenvalue weighted by molar-refractivity contribution is 7.92. The maximum Gasteiger partial charge on any atom is 0.189 e. The van der Waals surface area contributed by atoms with Crippen LogP contribution in [-0.4, -0.2) is 22.5 Å². The van der Waals surface area contributed by atoms with Gasteiger partial charge in [-0.15, -0.1) is 0 Å². The minimum Gasteiger partial charge on any atom is -0.386 e. The smallest absolute Gasteiger partial charge is 0.189 e. The van der Waals surface area contributed by atoms with Crippen molar-refractivity contribution in [3.63, 3.8) is 0 Å². The Morgan fingerprint density at radius 2 is 2.05 bits per heavy atom. The van der Waals surface area contributed by atoms with Crippen molar-refractivity contribution in [2.45, 2.75) is 63.2 Å². The van der Waals surface area contributed by atoms with E-state index in [2.05, 4.69) is 29.0 Å². The Hall–Kier alpha value is -0.763. The molecule has 0 saturated heterocycles. The second kappa shape index (κ2) is 6.56. The van der Waals surface area contributed by atoms with Gasteiger partial charge in [0.15, 0.2) is 8.24 Å². The minimum atomic E-state index is -2.97. The predicted octanol–water partition coefficient (Wildman–Crippen LogP) is 3.01. The number of hydrogen-bond donors (Lipinski definition) is 2. The van der Waals surface area contributed by atoms with E-state index in [9.17, 15) is 9.32 Å². The van der Waals surface area contributed by atoms with Gasteiger partial charge in [-0.25, -0.2) is 9.35 Å². The zero-order chi connectivity index (χ0) is 16.3. The number of unbranched alkanes of at least 4 members (excludes halogenated alkanes) is 1. The number of nitrogens with two attached hydrogens (primary N) is 1. The topological polar surface area (TPSA) is 88.6 Å². The van der Waals surface area contributed by atoms with Gasteiger partial charge in [0.2, 0.25) is 0 Å². The van der Waals surface area contributed by atoms with Crippen molar-refractivity contribution in [1.29, 1.82) is 0 Å². The molecule has 1 rings (SSSR count). The Morgan fingerprint density at radius 1 is 1.43 bits per heavy atom. The van der Waals surface area contributed by atoms with Crippen LogP contribution in [0.25, 0.3) is 0 Å². The molecule has 5 nitrogen and oxygen atoms in total. The number of hydrogen-bond acceptors (Lipinski definition) is 4. The summed E-state index contributed by atoms with van der Waals surface area (Å²) in [6, 6.07) is 2.61. The Morgan fingerprint density at radius 3 is 2.57 bits per heavy atom. The normalized spacial score (nSPS) is 15.6. The number of rotatable bonds is 6. The summed E-state index contributed by atoms with van der Waals surface area (Å²) in [6.07, 6.45) is 5.19. The minimum absolute atomic E-state index is 0.388. The predicted molar refractivity (Wildman–Crippen MR) is 89.7 cm³/mol. The average molecular weight is 330 g/mol. The molecule has 21 heavy (non-hydrogen) atoms. The highest BCUT2D eigenvalue weighted by atomic mass is 32.2. The molecule has 0 bridgehead atoms. The Bertz CT molecular complexity index is 602. The SMILES string of the molecule is CCCC[Si](C)(C)N=S(N)(=O)c1cncc(C(C)(C)O)c1. The van der Waals surface area contributed by atoms with E-state index in [1.54, 1.807) is 26.1 Å². The summed E-state index contributed by atoms with van der Waals surface area (Å²) in [7, 11) is -4.94. The fourth-order valence-corrected chi connectivity index (χ4v) is 7.44. The highest BCUT2D eigenvalue weighted by Crippen LogP contribution is 2.23. The lowest BCUT2D eigenvalue weighted by molar-refractivity contribution is 0.0780. The van der Waals surface area contributed by atoms with Crippen LogP contribution >= 0.6 is 0 Å². The molecule has 0 aliphatic carbocycles. The van der Waals surface area contributed by atoms with E-state index in [0.717, 1.165) is 18.9 Å². The summed E-state index contributed by atoms with van der Waals surface area (Å²) in [4.78, 5) is 4.43. The van der Waals surface area contributed by atoms with Gasteiger partial charge in [0.25, 0.3) is 0 Å². The summed E-state index contributed by atoms with van der Waals surface area (Å²) < 4.78 is 17.3. The van der Waals surface area contributed by atoms with Crippen molar-refractivity contribution in [2.24, 2.45) is 9.17 Å². The number of nitrogens with zero attached hydrogens (tertiary/aromatic N) is 2. The molecule has 1 atom stereocenters. The number of aliphatic hydroxyl groups is 1. The summed E-state index contributed by atoms with van der Waals surface area (Å²) >= 11 is 0. The molecule has 0 aliphatic heterocycles. The third-order valence-corrected chi connectivity index (χ3v) is 8.82. The highest BCUT2D eigenvalue weighted by Gasteiger charge is 2.24. The molecule has 0 aromatic carbocycles. The van der Waals surface area contributed by atoms with Gasteiger partial charge in [-0.05, 0) is 39.1 Å². The Kier molecular flexibility index (Phi) is 5.71. The van der Waals surface area contributed by atoms with Gasteiger partial charge >= 0.3 is 0 Å². The van der Waals surface area contributed by atoms with Crippen LogP contribution in [-0.2, 0) is 15.5 Å². The van der Waals surface area contributed by atoms with Crippen LogP contribution in [0.1, 0.15) is 39.2 Å². The molecule has 1 unspecified atom stereocenters. The molecule has 0 saturated carbocycles. The van der Waals surface area contributed by atoms with E-state index < -0.39 is 23.8 Å². The molecule has 1 aromatic heterocycles.